The highest BCUT2D eigenvalue weighted by atomic mass is 32.1. The summed E-state index contributed by atoms with van der Waals surface area (Å²) >= 11 is 1.31. The Morgan fingerprint density at radius 1 is 1.33 bits per heavy atom. The molecule has 1 aliphatic rings. The summed E-state index contributed by atoms with van der Waals surface area (Å²) in [7, 11) is 0. The average Bonchev–Trinajstić information content (AvgIpc) is 3.22. The van der Waals surface area contributed by atoms with E-state index in [1.54, 1.807) is 35.9 Å². The van der Waals surface area contributed by atoms with E-state index in [0.717, 1.165) is 18.5 Å². The third-order valence-corrected chi connectivity index (χ3v) is 5.60. The summed E-state index contributed by atoms with van der Waals surface area (Å²) in [4.78, 5) is 32.7. The van der Waals surface area contributed by atoms with Crippen molar-refractivity contribution < 1.29 is 14.0 Å². The van der Waals surface area contributed by atoms with Crippen molar-refractivity contribution in [3.63, 3.8) is 0 Å². The van der Waals surface area contributed by atoms with Gasteiger partial charge in [0.2, 0.25) is 0 Å². The average molecular weight is 383 g/mol. The second-order valence-corrected chi connectivity index (χ2v) is 7.45. The molecule has 0 unspecified atom stereocenters. The molecule has 27 heavy (non-hydrogen) atoms. The number of aromatic nitrogens is 2. The van der Waals surface area contributed by atoms with E-state index in [1.807, 2.05) is 5.38 Å². The number of hydrogen-bond acceptors (Lipinski definition) is 3. The fourth-order valence-electron chi connectivity index (χ4n) is 3.45. The Bertz CT molecular complexity index is 1110. The van der Waals surface area contributed by atoms with E-state index in [1.165, 1.54) is 17.4 Å². The number of halogens is 1. The highest BCUT2D eigenvalue weighted by Crippen LogP contribution is 2.26. The number of Topliss-reactive ketones (excluding diaryl/α,β-unsaturated/α-hetero) is 1. The predicted molar refractivity (Wildman–Crippen MR) is 101 cm³/mol. The number of ketones is 1. The molecule has 0 saturated heterocycles. The van der Waals surface area contributed by atoms with Crippen LogP contribution < -0.4 is 4.80 Å². The van der Waals surface area contributed by atoms with Crippen molar-refractivity contribution in [1.82, 2.24) is 9.55 Å². The number of nitrogens with zero attached hydrogens (tertiary/aromatic N) is 2. The largest absolute Gasteiger partial charge is 0.353 e. The molecule has 1 amide bonds. The lowest BCUT2D eigenvalue weighted by molar-refractivity contribution is 0.0970. The minimum atomic E-state index is -0.417. The summed E-state index contributed by atoms with van der Waals surface area (Å²) in [6, 6.07) is 6.54. The van der Waals surface area contributed by atoms with E-state index in [0.29, 0.717) is 40.2 Å². The van der Waals surface area contributed by atoms with E-state index >= 15 is 0 Å². The molecule has 138 valence electrons. The smallest absolute Gasteiger partial charge is 0.296 e. The van der Waals surface area contributed by atoms with Crippen LogP contribution in [0.1, 0.15) is 50.5 Å². The number of carbonyl (C=O) groups excluding carboxylic acids is 2. The second kappa shape index (κ2) is 7.08. The Morgan fingerprint density at radius 2 is 2.15 bits per heavy atom. The zero-order valence-electron chi connectivity index (χ0n) is 14.8. The molecule has 0 bridgehead atoms. The monoisotopic (exact) mass is 383 g/mol. The van der Waals surface area contributed by atoms with Crippen molar-refractivity contribution in [1.29, 1.82) is 0 Å². The van der Waals surface area contributed by atoms with E-state index < -0.39 is 5.91 Å². The number of fused-ring (bicyclic) bond motifs is 1. The summed E-state index contributed by atoms with van der Waals surface area (Å²) in [5.74, 6) is -0.630. The fourth-order valence-corrected chi connectivity index (χ4v) is 4.17. The van der Waals surface area contributed by atoms with Gasteiger partial charge in [0.1, 0.15) is 11.5 Å². The van der Waals surface area contributed by atoms with Crippen LogP contribution in [0.3, 0.4) is 0 Å². The van der Waals surface area contributed by atoms with Gasteiger partial charge in [0.25, 0.3) is 5.91 Å². The van der Waals surface area contributed by atoms with Crippen LogP contribution >= 0.6 is 11.3 Å². The van der Waals surface area contributed by atoms with Gasteiger partial charge in [-0.2, -0.15) is 4.99 Å². The topological polar surface area (TPSA) is 67.2 Å². The van der Waals surface area contributed by atoms with Crippen molar-refractivity contribution in [2.45, 2.75) is 32.7 Å². The van der Waals surface area contributed by atoms with Crippen molar-refractivity contribution >= 4 is 23.0 Å². The number of hydrogen-bond donors (Lipinski definition) is 1. The molecular formula is C20H18FN3O2S. The molecule has 4 rings (SSSR count). The number of amides is 1. The van der Waals surface area contributed by atoms with Crippen LogP contribution in [-0.4, -0.2) is 21.2 Å². The first-order valence-corrected chi connectivity index (χ1v) is 9.63. The first-order valence-electron chi connectivity index (χ1n) is 8.75. The van der Waals surface area contributed by atoms with Gasteiger partial charge in [-0.05, 0) is 31.4 Å². The summed E-state index contributed by atoms with van der Waals surface area (Å²) < 4.78 is 15.7. The minimum Gasteiger partial charge on any atom is -0.353 e. The highest BCUT2D eigenvalue weighted by Gasteiger charge is 2.26. The van der Waals surface area contributed by atoms with Crippen LogP contribution in [0.2, 0.25) is 0 Å². The maximum Gasteiger partial charge on any atom is 0.296 e. The van der Waals surface area contributed by atoms with Gasteiger partial charge in [-0.1, -0.05) is 18.2 Å². The van der Waals surface area contributed by atoms with Crippen molar-refractivity contribution in [3.05, 3.63) is 74.5 Å². The van der Waals surface area contributed by atoms with Gasteiger partial charge in [0, 0.05) is 34.8 Å². The van der Waals surface area contributed by atoms with E-state index in [4.69, 9.17) is 0 Å². The Kier molecular flexibility index (Phi) is 4.61. The lowest BCUT2D eigenvalue weighted by Crippen LogP contribution is -2.18. The molecule has 0 fully saturated rings. The van der Waals surface area contributed by atoms with E-state index in [-0.39, 0.29) is 11.6 Å². The van der Waals surface area contributed by atoms with Crippen molar-refractivity contribution in [3.8, 4) is 0 Å². The molecule has 1 aliphatic carbocycles. The number of benzene rings is 1. The maximum atomic E-state index is 13.9. The zero-order valence-corrected chi connectivity index (χ0v) is 15.6. The fraction of sp³-hybridized carbons (Fsp3) is 0.250. The van der Waals surface area contributed by atoms with Gasteiger partial charge < -0.3 is 9.55 Å². The van der Waals surface area contributed by atoms with E-state index in [9.17, 15) is 14.0 Å². The lowest BCUT2D eigenvalue weighted by Gasteiger charge is -2.09. The molecule has 1 N–H and O–H groups in total. The van der Waals surface area contributed by atoms with E-state index in [2.05, 4.69) is 9.98 Å². The Hall–Kier alpha value is -2.80. The Balaban J connectivity index is 1.68. The number of thiazole rings is 1. The summed E-state index contributed by atoms with van der Waals surface area (Å²) in [6.45, 7) is 2.07. The van der Waals surface area contributed by atoms with Gasteiger partial charge >= 0.3 is 0 Å². The Morgan fingerprint density at radius 3 is 2.93 bits per heavy atom. The number of nitrogens with one attached hydrogen (secondary N) is 1. The molecule has 0 spiro atoms. The quantitative estimate of drug-likeness (QED) is 0.750. The SMILES string of the molecule is Cc1c(C(=O)N=c2sccn2Cc2ccccc2F)[nH]c2c1C(=O)CCC2. The highest BCUT2D eigenvalue weighted by molar-refractivity contribution is 7.07. The van der Waals surface area contributed by atoms with Gasteiger partial charge in [-0.15, -0.1) is 11.3 Å². The van der Waals surface area contributed by atoms with Crippen LogP contribution in [0.5, 0.6) is 0 Å². The molecule has 7 heteroatoms. The van der Waals surface area contributed by atoms with Gasteiger partial charge in [0.15, 0.2) is 10.6 Å². The number of rotatable bonds is 3. The molecule has 5 nitrogen and oxygen atoms in total. The number of aromatic amines is 1. The third kappa shape index (κ3) is 3.30. The number of aryl methyl sites for hydroxylation is 1. The predicted octanol–water partition coefficient (Wildman–Crippen LogP) is 3.63. The molecule has 3 aromatic rings. The van der Waals surface area contributed by atoms with Crippen LogP contribution in [0.4, 0.5) is 4.39 Å². The molecule has 0 atom stereocenters. The molecule has 0 aliphatic heterocycles. The first kappa shape index (κ1) is 17.6. The van der Waals surface area contributed by atoms with Crippen LogP contribution in [-0.2, 0) is 13.0 Å². The van der Waals surface area contributed by atoms with Gasteiger partial charge in [0.05, 0.1) is 6.54 Å². The number of carbonyl (C=O) groups is 2. The standard InChI is InChI=1S/C20H18FN3O2S/c1-12-17-15(7-4-8-16(17)25)22-18(12)19(26)23-20-24(9-10-27-20)11-13-5-2-3-6-14(13)21/h2-3,5-6,9-10,22H,4,7-8,11H2,1H3. The molecule has 2 heterocycles. The normalized spacial score (nSPS) is 14.4. The van der Waals surface area contributed by atoms with Crippen LogP contribution in [0, 0.1) is 12.7 Å². The molecular weight excluding hydrogens is 365 g/mol. The van der Waals surface area contributed by atoms with Crippen molar-refractivity contribution in [2.75, 3.05) is 0 Å². The summed E-state index contributed by atoms with van der Waals surface area (Å²) in [5.41, 5.74) is 3.03. The van der Waals surface area contributed by atoms with Crippen molar-refractivity contribution in [2.24, 2.45) is 4.99 Å². The zero-order chi connectivity index (χ0) is 19.0. The summed E-state index contributed by atoms with van der Waals surface area (Å²) in [6.07, 6.45) is 3.86. The van der Waals surface area contributed by atoms with Gasteiger partial charge in [-0.25, -0.2) is 4.39 Å². The molecule has 2 aromatic heterocycles. The summed E-state index contributed by atoms with van der Waals surface area (Å²) in [5, 5.41) is 1.81. The van der Waals surface area contributed by atoms with Gasteiger partial charge in [-0.3, -0.25) is 9.59 Å². The maximum absolute atomic E-state index is 13.9. The van der Waals surface area contributed by atoms with Crippen LogP contribution in [0.25, 0.3) is 0 Å². The van der Waals surface area contributed by atoms with Crippen LogP contribution in [0.15, 0.2) is 40.8 Å². The molecule has 0 saturated carbocycles. The minimum absolute atomic E-state index is 0.0785. The third-order valence-electron chi connectivity index (χ3n) is 4.81. The first-order chi connectivity index (χ1) is 13.0. The second-order valence-electron chi connectivity index (χ2n) is 6.58. The Labute approximate surface area is 159 Å². The lowest BCUT2D eigenvalue weighted by atomic mass is 9.94. The molecule has 0 radical (unpaired) electrons. The molecule has 1 aromatic carbocycles. The number of H-pyrrole nitrogens is 1.